The fraction of sp³-hybridized carbons (Fsp3) is 0.400. The van der Waals surface area contributed by atoms with Crippen LogP contribution in [0.4, 0.5) is 4.39 Å². The van der Waals surface area contributed by atoms with Gasteiger partial charge in [-0.25, -0.2) is 4.39 Å². The maximum Gasteiger partial charge on any atom is 0.165 e. The molecule has 0 fully saturated rings. The number of rotatable bonds is 5. The number of likely N-dealkylation sites (N-methyl/N-ethyl adjacent to an activating group) is 1. The van der Waals surface area contributed by atoms with Crippen molar-refractivity contribution in [1.82, 2.24) is 15.1 Å². The molecule has 4 nitrogen and oxygen atoms in total. The van der Waals surface area contributed by atoms with E-state index in [0.29, 0.717) is 11.4 Å². The molecule has 0 aliphatic heterocycles. The number of hydrogen-bond acceptors (Lipinski definition) is 3. The molecule has 0 aliphatic rings. The van der Waals surface area contributed by atoms with Crippen molar-refractivity contribution in [1.29, 1.82) is 0 Å². The summed E-state index contributed by atoms with van der Waals surface area (Å²) in [5, 5.41) is 8.21. The van der Waals surface area contributed by atoms with E-state index in [4.69, 9.17) is 16.3 Å². The largest absolute Gasteiger partial charge is 0.494 e. The van der Waals surface area contributed by atoms with Crippen LogP contribution in [0.2, 0.25) is 5.02 Å². The number of aromatic nitrogens is 2. The van der Waals surface area contributed by atoms with E-state index in [1.54, 1.807) is 16.8 Å². The summed E-state index contributed by atoms with van der Waals surface area (Å²) < 4.78 is 20.3. The predicted octanol–water partition coefficient (Wildman–Crippen LogP) is 3.03. The van der Waals surface area contributed by atoms with E-state index >= 15 is 0 Å². The third-order valence-electron chi connectivity index (χ3n) is 3.59. The zero-order valence-electron chi connectivity index (χ0n) is 12.6. The lowest BCUT2D eigenvalue weighted by Crippen LogP contribution is -2.20. The van der Waals surface area contributed by atoms with Crippen molar-refractivity contribution in [2.45, 2.75) is 19.4 Å². The molecule has 21 heavy (non-hydrogen) atoms. The highest BCUT2D eigenvalue weighted by Gasteiger charge is 2.18. The summed E-state index contributed by atoms with van der Waals surface area (Å²) in [4.78, 5) is 0. The normalized spacial score (nSPS) is 12.5. The second kappa shape index (κ2) is 6.45. The van der Waals surface area contributed by atoms with Crippen LogP contribution in [0.15, 0.2) is 18.2 Å². The zero-order chi connectivity index (χ0) is 15.6. The minimum atomic E-state index is -0.370. The fourth-order valence-electron chi connectivity index (χ4n) is 2.37. The van der Waals surface area contributed by atoms with Gasteiger partial charge >= 0.3 is 0 Å². The number of hydrogen-bond donors (Lipinski definition) is 1. The molecule has 2 aromatic rings. The van der Waals surface area contributed by atoms with E-state index < -0.39 is 0 Å². The smallest absolute Gasteiger partial charge is 0.165 e. The highest BCUT2D eigenvalue weighted by atomic mass is 35.5. The van der Waals surface area contributed by atoms with Gasteiger partial charge in [0, 0.05) is 19.5 Å². The molecule has 1 aromatic carbocycles. The molecule has 0 spiro atoms. The molecule has 0 saturated heterocycles. The van der Waals surface area contributed by atoms with Gasteiger partial charge < -0.3 is 10.1 Å². The van der Waals surface area contributed by atoms with Gasteiger partial charge in [-0.3, -0.25) is 4.68 Å². The average molecular weight is 312 g/mol. The molecule has 0 radical (unpaired) electrons. The Kier molecular flexibility index (Phi) is 4.85. The van der Waals surface area contributed by atoms with Crippen LogP contribution in [0, 0.1) is 12.7 Å². The van der Waals surface area contributed by atoms with Crippen LogP contribution in [0.1, 0.15) is 23.0 Å². The van der Waals surface area contributed by atoms with Crippen LogP contribution in [-0.2, 0) is 13.5 Å². The van der Waals surface area contributed by atoms with Gasteiger partial charge in [-0.05, 0) is 31.7 Å². The first-order valence-corrected chi connectivity index (χ1v) is 7.04. The molecule has 1 aromatic heterocycles. The molecule has 1 N–H and O–H groups in total. The second-order valence-electron chi connectivity index (χ2n) is 4.91. The average Bonchev–Trinajstić information content (AvgIpc) is 2.71. The minimum absolute atomic E-state index is 0.00759. The number of methoxy groups -OCH3 is 1. The standard InChI is InChI=1S/C15H19ClFN3O/c1-9-15(16)13(20(3)19-9)8-12(18-2)10-5-6-11(17)14(7-10)21-4/h5-7,12,18H,8H2,1-4H3. The summed E-state index contributed by atoms with van der Waals surface area (Å²) >= 11 is 6.29. The highest BCUT2D eigenvalue weighted by molar-refractivity contribution is 6.31. The van der Waals surface area contributed by atoms with Crippen LogP contribution in [0.25, 0.3) is 0 Å². The first-order chi connectivity index (χ1) is 9.97. The summed E-state index contributed by atoms with van der Waals surface area (Å²) in [5.41, 5.74) is 2.68. The van der Waals surface area contributed by atoms with Gasteiger partial charge in [0.1, 0.15) is 0 Å². The van der Waals surface area contributed by atoms with Gasteiger partial charge in [0.05, 0.1) is 23.5 Å². The summed E-state index contributed by atoms with van der Waals surface area (Å²) in [5.74, 6) is -0.134. The summed E-state index contributed by atoms with van der Waals surface area (Å²) in [6, 6.07) is 4.85. The predicted molar refractivity (Wildman–Crippen MR) is 81.4 cm³/mol. The second-order valence-corrected chi connectivity index (χ2v) is 5.29. The van der Waals surface area contributed by atoms with Crippen molar-refractivity contribution in [3.63, 3.8) is 0 Å². The molecular weight excluding hydrogens is 293 g/mol. The monoisotopic (exact) mass is 311 g/mol. The van der Waals surface area contributed by atoms with Crippen LogP contribution in [0.5, 0.6) is 5.75 Å². The van der Waals surface area contributed by atoms with Crippen LogP contribution in [-0.4, -0.2) is 23.9 Å². The van der Waals surface area contributed by atoms with Gasteiger partial charge in [0.2, 0.25) is 0 Å². The third-order valence-corrected chi connectivity index (χ3v) is 4.08. The number of ether oxygens (including phenoxy) is 1. The zero-order valence-corrected chi connectivity index (χ0v) is 13.3. The van der Waals surface area contributed by atoms with E-state index in [9.17, 15) is 4.39 Å². The van der Waals surface area contributed by atoms with E-state index in [2.05, 4.69) is 10.4 Å². The van der Waals surface area contributed by atoms with Crippen molar-refractivity contribution in [2.75, 3.05) is 14.2 Å². The van der Waals surface area contributed by atoms with Gasteiger partial charge in [-0.1, -0.05) is 17.7 Å². The van der Waals surface area contributed by atoms with Crippen molar-refractivity contribution in [3.05, 3.63) is 46.0 Å². The summed E-state index contributed by atoms with van der Waals surface area (Å²) in [6.45, 7) is 1.88. The molecular formula is C15H19ClFN3O. The van der Waals surface area contributed by atoms with Crippen molar-refractivity contribution in [2.24, 2.45) is 7.05 Å². The lowest BCUT2D eigenvalue weighted by Gasteiger charge is -2.18. The molecule has 1 heterocycles. The topological polar surface area (TPSA) is 39.1 Å². The SMILES string of the molecule is CNC(Cc1c(Cl)c(C)nn1C)c1ccc(F)c(OC)c1. The lowest BCUT2D eigenvalue weighted by molar-refractivity contribution is 0.385. The van der Waals surface area contributed by atoms with E-state index in [1.807, 2.05) is 21.0 Å². The van der Waals surface area contributed by atoms with E-state index in [-0.39, 0.29) is 17.6 Å². The van der Waals surface area contributed by atoms with Crippen molar-refractivity contribution >= 4 is 11.6 Å². The molecule has 2 rings (SSSR count). The Morgan fingerprint density at radius 2 is 2.19 bits per heavy atom. The van der Waals surface area contributed by atoms with Crippen molar-refractivity contribution in [3.8, 4) is 5.75 Å². The van der Waals surface area contributed by atoms with E-state index in [0.717, 1.165) is 17.0 Å². The molecule has 1 atom stereocenters. The number of nitrogens with zero attached hydrogens (tertiary/aromatic N) is 2. The number of aryl methyl sites for hydroxylation is 2. The first kappa shape index (κ1) is 15.8. The Balaban J connectivity index is 2.32. The number of nitrogens with one attached hydrogen (secondary N) is 1. The highest BCUT2D eigenvalue weighted by Crippen LogP contribution is 2.28. The summed E-state index contributed by atoms with van der Waals surface area (Å²) in [7, 11) is 5.18. The van der Waals surface area contributed by atoms with Gasteiger partial charge in [0.25, 0.3) is 0 Å². The molecule has 0 bridgehead atoms. The maximum absolute atomic E-state index is 13.5. The van der Waals surface area contributed by atoms with Gasteiger partial charge in [-0.15, -0.1) is 0 Å². The summed E-state index contributed by atoms with van der Waals surface area (Å²) in [6.07, 6.45) is 0.654. The third kappa shape index (κ3) is 3.19. The quantitative estimate of drug-likeness (QED) is 0.922. The Labute approximate surface area is 128 Å². The Morgan fingerprint density at radius 3 is 2.71 bits per heavy atom. The van der Waals surface area contributed by atoms with Gasteiger partial charge in [-0.2, -0.15) is 5.10 Å². The molecule has 0 aliphatic carbocycles. The molecule has 1 unspecified atom stereocenters. The van der Waals surface area contributed by atoms with E-state index in [1.165, 1.54) is 13.2 Å². The Hall–Kier alpha value is -1.59. The molecule has 6 heteroatoms. The Morgan fingerprint density at radius 1 is 1.48 bits per heavy atom. The molecule has 0 saturated carbocycles. The maximum atomic E-state index is 13.5. The van der Waals surface area contributed by atoms with Crippen LogP contribution < -0.4 is 10.1 Å². The number of halogens is 2. The Bertz CT molecular complexity index is 642. The number of benzene rings is 1. The lowest BCUT2D eigenvalue weighted by atomic mass is 10.0. The molecule has 114 valence electrons. The minimum Gasteiger partial charge on any atom is -0.494 e. The van der Waals surface area contributed by atoms with Gasteiger partial charge in [0.15, 0.2) is 11.6 Å². The van der Waals surface area contributed by atoms with Crippen molar-refractivity contribution < 1.29 is 9.13 Å². The fourth-order valence-corrected chi connectivity index (χ4v) is 2.61. The first-order valence-electron chi connectivity index (χ1n) is 6.66. The van der Waals surface area contributed by atoms with Crippen LogP contribution >= 0.6 is 11.6 Å². The van der Waals surface area contributed by atoms with Crippen LogP contribution in [0.3, 0.4) is 0 Å². The molecule has 0 amide bonds.